The molecule has 1 atom stereocenters. The molecule has 0 bridgehead atoms. The van der Waals surface area contributed by atoms with Crippen molar-refractivity contribution in [3.63, 3.8) is 0 Å². The maximum Gasteiger partial charge on any atom is 0.387 e. The first-order valence-electron chi connectivity index (χ1n) is 8.55. The van der Waals surface area contributed by atoms with Crippen molar-refractivity contribution < 1.29 is 36.8 Å². The number of nitro groups is 1. The zero-order valence-corrected chi connectivity index (χ0v) is 15.5. The number of nitro benzene ring substituents is 1. The van der Waals surface area contributed by atoms with Crippen molar-refractivity contribution >= 4 is 17.4 Å². The van der Waals surface area contributed by atoms with Crippen LogP contribution in [0.4, 0.5) is 33.7 Å². The summed E-state index contributed by atoms with van der Waals surface area (Å²) in [5.41, 5.74) is -0.567. The first-order chi connectivity index (χ1) is 14.2. The van der Waals surface area contributed by atoms with E-state index in [0.29, 0.717) is 0 Å². The average molecular weight is 431 g/mol. The van der Waals surface area contributed by atoms with Crippen LogP contribution in [0, 0.1) is 10.1 Å². The summed E-state index contributed by atoms with van der Waals surface area (Å²) in [6.07, 6.45) is 0.270. The Balaban J connectivity index is 2.23. The number of anilines is 1. The maximum absolute atomic E-state index is 12.6. The Morgan fingerprint density at radius 1 is 1.07 bits per heavy atom. The summed E-state index contributed by atoms with van der Waals surface area (Å²) in [6.45, 7) is -4.63. The zero-order valence-electron chi connectivity index (χ0n) is 15.5. The number of hydrogen-bond donors (Lipinski definition) is 2. The molecule has 0 aliphatic heterocycles. The van der Waals surface area contributed by atoms with Gasteiger partial charge < -0.3 is 20.1 Å². The zero-order chi connectivity index (χ0) is 22.3. The summed E-state index contributed by atoms with van der Waals surface area (Å²) >= 11 is 0. The molecule has 8 nitrogen and oxygen atoms in total. The normalized spacial score (nSPS) is 11.8. The number of alkyl halides is 4. The van der Waals surface area contributed by atoms with Crippen molar-refractivity contribution in [2.24, 2.45) is 0 Å². The molecule has 2 rings (SSSR count). The highest BCUT2D eigenvalue weighted by molar-refractivity contribution is 5.91. The van der Waals surface area contributed by atoms with Crippen LogP contribution < -0.4 is 20.1 Å². The van der Waals surface area contributed by atoms with E-state index in [1.54, 1.807) is 13.0 Å². The Hall–Kier alpha value is -3.57. The topological polar surface area (TPSA) is 103 Å². The predicted octanol–water partition coefficient (Wildman–Crippen LogP) is 5.07. The Morgan fingerprint density at radius 2 is 1.70 bits per heavy atom. The smallest absolute Gasteiger partial charge is 0.387 e. The van der Waals surface area contributed by atoms with Gasteiger partial charge in [0.2, 0.25) is 0 Å². The molecular formula is C18H17F4N3O5. The van der Waals surface area contributed by atoms with Gasteiger partial charge in [-0.1, -0.05) is 25.1 Å². The minimum atomic E-state index is -3.23. The lowest BCUT2D eigenvalue weighted by Crippen LogP contribution is -2.32. The van der Waals surface area contributed by atoms with E-state index in [0.717, 1.165) is 18.2 Å². The highest BCUT2D eigenvalue weighted by Crippen LogP contribution is 2.31. The van der Waals surface area contributed by atoms with Crippen molar-refractivity contribution in [3.8, 4) is 11.5 Å². The van der Waals surface area contributed by atoms with Gasteiger partial charge in [-0.2, -0.15) is 17.6 Å². The summed E-state index contributed by atoms with van der Waals surface area (Å²) < 4.78 is 59.1. The summed E-state index contributed by atoms with van der Waals surface area (Å²) in [6, 6.07) is 6.83. The molecule has 0 spiro atoms. The quantitative estimate of drug-likeness (QED) is 0.328. The number of benzene rings is 2. The number of nitrogens with zero attached hydrogens (tertiary/aromatic N) is 1. The number of ether oxygens (including phenoxy) is 2. The van der Waals surface area contributed by atoms with Crippen LogP contribution >= 0.6 is 0 Å². The number of rotatable bonds is 9. The second-order valence-electron chi connectivity index (χ2n) is 5.79. The van der Waals surface area contributed by atoms with Gasteiger partial charge in [-0.3, -0.25) is 10.1 Å². The van der Waals surface area contributed by atoms with E-state index in [9.17, 15) is 32.5 Å². The first kappa shape index (κ1) is 22.7. The number of amides is 2. The number of nitrogens with one attached hydrogen (secondary N) is 2. The molecule has 162 valence electrons. The third-order valence-corrected chi connectivity index (χ3v) is 3.86. The molecule has 0 radical (unpaired) electrons. The van der Waals surface area contributed by atoms with E-state index in [-0.39, 0.29) is 23.4 Å². The number of para-hydroxylation sites is 1. The van der Waals surface area contributed by atoms with E-state index < -0.39 is 41.7 Å². The Bertz CT molecular complexity index is 898. The molecule has 1 unspecified atom stereocenters. The molecule has 2 amide bonds. The largest absolute Gasteiger partial charge is 0.434 e. The van der Waals surface area contributed by atoms with Gasteiger partial charge in [0.05, 0.1) is 16.7 Å². The highest BCUT2D eigenvalue weighted by Gasteiger charge is 2.21. The first-order valence-corrected chi connectivity index (χ1v) is 8.55. The standard InChI is InChI=1S/C18H17F4N3O5/c1-2-12(11-5-3-4-6-14(11)29-16(19)20)23-18(26)24-13-9-10(25(27)28)7-8-15(13)30-17(21)22/h3-9,12,16-17H,2H2,1H3,(H2,23,24,26). The lowest BCUT2D eigenvalue weighted by Gasteiger charge is -2.21. The fraction of sp³-hybridized carbons (Fsp3) is 0.278. The van der Waals surface area contributed by atoms with Crippen LogP contribution in [0.5, 0.6) is 11.5 Å². The minimum absolute atomic E-state index is 0.142. The molecule has 2 aromatic rings. The van der Waals surface area contributed by atoms with Crippen LogP contribution in [0.2, 0.25) is 0 Å². The van der Waals surface area contributed by atoms with Crippen LogP contribution in [0.3, 0.4) is 0 Å². The maximum atomic E-state index is 12.6. The molecule has 0 fully saturated rings. The molecule has 12 heteroatoms. The number of non-ortho nitro benzene ring substituents is 1. The minimum Gasteiger partial charge on any atom is -0.434 e. The summed E-state index contributed by atoms with van der Waals surface area (Å²) in [4.78, 5) is 22.5. The second kappa shape index (κ2) is 10.3. The van der Waals surface area contributed by atoms with E-state index in [2.05, 4.69) is 20.1 Å². The predicted molar refractivity (Wildman–Crippen MR) is 98.0 cm³/mol. The van der Waals surface area contributed by atoms with Gasteiger partial charge in [-0.05, 0) is 18.6 Å². The number of hydrogen-bond acceptors (Lipinski definition) is 5. The van der Waals surface area contributed by atoms with Crippen LogP contribution in [0.25, 0.3) is 0 Å². The van der Waals surface area contributed by atoms with Gasteiger partial charge in [-0.15, -0.1) is 0 Å². The van der Waals surface area contributed by atoms with E-state index in [4.69, 9.17) is 0 Å². The van der Waals surface area contributed by atoms with Gasteiger partial charge in [-0.25, -0.2) is 4.79 Å². The van der Waals surface area contributed by atoms with Crippen molar-refractivity contribution in [3.05, 3.63) is 58.1 Å². The fourth-order valence-corrected chi connectivity index (χ4v) is 2.62. The van der Waals surface area contributed by atoms with Crippen LogP contribution in [-0.2, 0) is 0 Å². The van der Waals surface area contributed by atoms with Crippen molar-refractivity contribution in [1.29, 1.82) is 0 Å². The second-order valence-corrected chi connectivity index (χ2v) is 5.79. The molecule has 2 N–H and O–H groups in total. The lowest BCUT2D eigenvalue weighted by molar-refractivity contribution is -0.384. The third kappa shape index (κ3) is 6.22. The highest BCUT2D eigenvalue weighted by atomic mass is 19.3. The molecule has 0 saturated carbocycles. The molecule has 30 heavy (non-hydrogen) atoms. The van der Waals surface area contributed by atoms with Gasteiger partial charge in [0.15, 0.2) is 0 Å². The van der Waals surface area contributed by atoms with Gasteiger partial charge in [0, 0.05) is 17.7 Å². The fourth-order valence-electron chi connectivity index (χ4n) is 2.62. The van der Waals surface area contributed by atoms with Crippen molar-refractivity contribution in [1.82, 2.24) is 5.32 Å². The van der Waals surface area contributed by atoms with Gasteiger partial charge >= 0.3 is 19.3 Å². The summed E-state index contributed by atoms with van der Waals surface area (Å²) in [5.74, 6) is -0.628. The van der Waals surface area contributed by atoms with Gasteiger partial charge in [0.25, 0.3) is 5.69 Å². The lowest BCUT2D eigenvalue weighted by atomic mass is 10.0. The van der Waals surface area contributed by atoms with Crippen LogP contribution in [-0.4, -0.2) is 24.2 Å². The monoisotopic (exact) mass is 431 g/mol. The summed E-state index contributed by atoms with van der Waals surface area (Å²) in [5, 5.41) is 15.6. The Morgan fingerprint density at radius 3 is 2.30 bits per heavy atom. The molecule has 0 heterocycles. The van der Waals surface area contributed by atoms with Crippen molar-refractivity contribution in [2.75, 3.05) is 5.32 Å². The third-order valence-electron chi connectivity index (χ3n) is 3.86. The molecule has 0 aliphatic rings. The van der Waals surface area contributed by atoms with E-state index >= 15 is 0 Å². The molecule has 2 aromatic carbocycles. The van der Waals surface area contributed by atoms with Crippen molar-refractivity contribution in [2.45, 2.75) is 32.6 Å². The Labute approximate surface area is 167 Å². The molecule has 0 aromatic heterocycles. The van der Waals surface area contributed by atoms with Crippen LogP contribution in [0.1, 0.15) is 24.9 Å². The molecule has 0 saturated heterocycles. The van der Waals surface area contributed by atoms with Crippen LogP contribution in [0.15, 0.2) is 42.5 Å². The number of carbonyl (C=O) groups is 1. The SMILES string of the molecule is CCC(NC(=O)Nc1cc([N+](=O)[O-])ccc1OC(F)F)c1ccccc1OC(F)F. The molecule has 0 aliphatic carbocycles. The number of halogens is 4. The Kier molecular flexibility index (Phi) is 7.78. The number of carbonyl (C=O) groups excluding carboxylic acids is 1. The number of urea groups is 1. The van der Waals surface area contributed by atoms with E-state index in [1.165, 1.54) is 18.2 Å². The van der Waals surface area contributed by atoms with E-state index in [1.807, 2.05) is 0 Å². The van der Waals surface area contributed by atoms with Gasteiger partial charge in [0.1, 0.15) is 11.5 Å². The molecular weight excluding hydrogens is 414 g/mol. The average Bonchev–Trinajstić information content (AvgIpc) is 2.67. The summed E-state index contributed by atoms with van der Waals surface area (Å²) in [7, 11) is 0.